The zero-order valence-electron chi connectivity index (χ0n) is 13.9. The minimum absolute atomic E-state index is 0.286. The molecule has 4 nitrogen and oxygen atoms in total. The molecule has 1 saturated heterocycles. The molecule has 2 aromatic carbocycles. The molecule has 0 unspecified atom stereocenters. The molecule has 0 aliphatic carbocycles. The lowest BCUT2D eigenvalue weighted by Crippen LogP contribution is -2.45. The maximum atomic E-state index is 13.8. The summed E-state index contributed by atoms with van der Waals surface area (Å²) < 4.78 is 37.8. The fourth-order valence-electron chi connectivity index (χ4n) is 3.31. The molecule has 2 heterocycles. The highest BCUT2D eigenvalue weighted by Crippen LogP contribution is 2.32. The molecule has 4 rings (SSSR count). The lowest BCUT2D eigenvalue weighted by atomic mass is 10.1. The fraction of sp³-hybridized carbons (Fsp3) is 0.368. The van der Waals surface area contributed by atoms with Gasteiger partial charge in [0.2, 0.25) is 6.79 Å². The maximum Gasteiger partial charge on any atom is 0.231 e. The zero-order valence-corrected chi connectivity index (χ0v) is 13.9. The molecule has 2 aromatic rings. The molecule has 132 valence electrons. The van der Waals surface area contributed by atoms with Crippen molar-refractivity contribution in [1.29, 1.82) is 0 Å². The Morgan fingerprint density at radius 3 is 2.32 bits per heavy atom. The number of hydrogen-bond acceptors (Lipinski definition) is 4. The van der Waals surface area contributed by atoms with Gasteiger partial charge in [-0.2, -0.15) is 0 Å². The van der Waals surface area contributed by atoms with Crippen LogP contribution in [-0.4, -0.2) is 42.8 Å². The van der Waals surface area contributed by atoms with Gasteiger partial charge in [0.05, 0.1) is 0 Å². The minimum atomic E-state index is -0.391. The molecule has 2 aliphatic rings. The SMILES string of the molecule is Fc1ccc(F)c(CN2CCN(Cc3ccc4c(c3)OCO4)CC2)c1. The Hall–Kier alpha value is -2.18. The quantitative estimate of drug-likeness (QED) is 0.850. The lowest BCUT2D eigenvalue weighted by Gasteiger charge is -2.34. The lowest BCUT2D eigenvalue weighted by molar-refractivity contribution is 0.121. The number of piperazine rings is 1. The van der Waals surface area contributed by atoms with Gasteiger partial charge in [-0.1, -0.05) is 6.07 Å². The number of hydrogen-bond donors (Lipinski definition) is 0. The van der Waals surface area contributed by atoms with Gasteiger partial charge in [-0.05, 0) is 35.9 Å². The third-order valence-electron chi connectivity index (χ3n) is 4.71. The molecule has 2 aliphatic heterocycles. The molecular formula is C19H20F2N2O2. The molecule has 0 aromatic heterocycles. The standard InChI is InChI=1S/C19H20F2N2O2/c20-16-2-3-17(21)15(10-16)12-23-7-5-22(6-8-23)11-14-1-4-18-19(9-14)25-13-24-18/h1-4,9-10H,5-8,11-13H2. The van der Waals surface area contributed by atoms with Crippen LogP contribution in [0.15, 0.2) is 36.4 Å². The Kier molecular flexibility index (Phi) is 4.55. The van der Waals surface area contributed by atoms with Gasteiger partial charge in [-0.25, -0.2) is 8.78 Å². The highest BCUT2D eigenvalue weighted by molar-refractivity contribution is 5.44. The second kappa shape index (κ2) is 6.98. The van der Waals surface area contributed by atoms with Crippen LogP contribution >= 0.6 is 0 Å². The van der Waals surface area contributed by atoms with E-state index in [9.17, 15) is 8.78 Å². The van der Waals surface area contributed by atoms with Gasteiger partial charge >= 0.3 is 0 Å². The second-order valence-corrected chi connectivity index (χ2v) is 6.48. The van der Waals surface area contributed by atoms with Crippen LogP contribution in [0.5, 0.6) is 11.5 Å². The van der Waals surface area contributed by atoms with E-state index in [0.29, 0.717) is 12.1 Å². The van der Waals surface area contributed by atoms with Crippen LogP contribution in [0.3, 0.4) is 0 Å². The number of rotatable bonds is 4. The normalized spacial score (nSPS) is 17.8. The molecular weight excluding hydrogens is 326 g/mol. The van der Waals surface area contributed by atoms with Crippen molar-refractivity contribution in [2.45, 2.75) is 13.1 Å². The zero-order chi connectivity index (χ0) is 17.2. The summed E-state index contributed by atoms with van der Waals surface area (Å²) in [6.45, 7) is 5.03. The van der Waals surface area contributed by atoms with Crippen molar-refractivity contribution in [3.63, 3.8) is 0 Å². The summed E-state index contributed by atoms with van der Waals surface area (Å²) in [6.07, 6.45) is 0. The number of ether oxygens (including phenoxy) is 2. The van der Waals surface area contributed by atoms with Gasteiger partial charge in [-0.15, -0.1) is 0 Å². The monoisotopic (exact) mass is 346 g/mol. The van der Waals surface area contributed by atoms with Crippen LogP contribution in [0.1, 0.15) is 11.1 Å². The molecule has 0 bridgehead atoms. The Morgan fingerprint density at radius 1 is 0.800 bits per heavy atom. The number of halogens is 2. The van der Waals surface area contributed by atoms with Crippen molar-refractivity contribution in [1.82, 2.24) is 9.80 Å². The third kappa shape index (κ3) is 3.75. The van der Waals surface area contributed by atoms with E-state index in [1.54, 1.807) is 0 Å². The highest BCUT2D eigenvalue weighted by Gasteiger charge is 2.20. The molecule has 0 radical (unpaired) electrons. The van der Waals surface area contributed by atoms with Crippen LogP contribution in [0.2, 0.25) is 0 Å². The minimum Gasteiger partial charge on any atom is -0.454 e. The molecule has 6 heteroatoms. The number of benzene rings is 2. The van der Waals surface area contributed by atoms with Gasteiger partial charge < -0.3 is 9.47 Å². The van der Waals surface area contributed by atoms with E-state index < -0.39 is 5.82 Å². The predicted molar refractivity (Wildman–Crippen MR) is 89.5 cm³/mol. The first kappa shape index (κ1) is 16.3. The number of nitrogens with zero attached hydrogens (tertiary/aromatic N) is 2. The first-order valence-electron chi connectivity index (χ1n) is 8.44. The Labute approximate surface area is 145 Å². The summed E-state index contributed by atoms with van der Waals surface area (Å²) in [5.41, 5.74) is 1.61. The van der Waals surface area contributed by atoms with Crippen molar-refractivity contribution >= 4 is 0 Å². The predicted octanol–water partition coefficient (Wildman–Crippen LogP) is 3.01. The Bertz CT molecular complexity index is 761. The molecule has 1 fully saturated rings. The second-order valence-electron chi connectivity index (χ2n) is 6.48. The maximum absolute atomic E-state index is 13.8. The molecule has 0 atom stereocenters. The van der Waals surface area contributed by atoms with Crippen molar-refractivity contribution in [2.24, 2.45) is 0 Å². The van der Waals surface area contributed by atoms with E-state index in [4.69, 9.17) is 9.47 Å². The van der Waals surface area contributed by atoms with Crippen molar-refractivity contribution in [3.8, 4) is 11.5 Å². The highest BCUT2D eigenvalue weighted by atomic mass is 19.1. The average Bonchev–Trinajstić information content (AvgIpc) is 3.08. The van der Waals surface area contributed by atoms with Crippen LogP contribution in [0.4, 0.5) is 8.78 Å². The first-order valence-corrected chi connectivity index (χ1v) is 8.44. The summed E-state index contributed by atoms with van der Waals surface area (Å²) in [4.78, 5) is 4.52. The van der Waals surface area contributed by atoms with Crippen molar-refractivity contribution < 1.29 is 18.3 Å². The van der Waals surface area contributed by atoms with Crippen molar-refractivity contribution in [3.05, 3.63) is 59.2 Å². The van der Waals surface area contributed by atoms with E-state index in [2.05, 4.69) is 15.9 Å². The topological polar surface area (TPSA) is 24.9 Å². The first-order chi connectivity index (χ1) is 12.2. The van der Waals surface area contributed by atoms with Crippen LogP contribution < -0.4 is 9.47 Å². The van der Waals surface area contributed by atoms with Gasteiger partial charge in [0.1, 0.15) is 11.6 Å². The molecule has 0 N–H and O–H groups in total. The Balaban J connectivity index is 1.31. The van der Waals surface area contributed by atoms with E-state index >= 15 is 0 Å². The molecule has 0 saturated carbocycles. The van der Waals surface area contributed by atoms with Crippen LogP contribution in [0.25, 0.3) is 0 Å². The third-order valence-corrected chi connectivity index (χ3v) is 4.71. The summed E-state index contributed by atoms with van der Waals surface area (Å²) in [5, 5.41) is 0. The fourth-order valence-corrected chi connectivity index (χ4v) is 3.31. The van der Waals surface area contributed by atoms with E-state index in [0.717, 1.165) is 50.3 Å². The summed E-state index contributed by atoms with van der Waals surface area (Å²) in [6, 6.07) is 9.66. The van der Waals surface area contributed by atoms with Crippen molar-refractivity contribution in [2.75, 3.05) is 33.0 Å². The smallest absolute Gasteiger partial charge is 0.231 e. The molecule has 0 spiro atoms. The van der Waals surface area contributed by atoms with E-state index in [1.807, 2.05) is 12.1 Å². The molecule has 0 amide bonds. The number of fused-ring (bicyclic) bond motifs is 1. The van der Waals surface area contributed by atoms with Crippen LogP contribution in [0, 0.1) is 11.6 Å². The summed E-state index contributed by atoms with van der Waals surface area (Å²) >= 11 is 0. The summed E-state index contributed by atoms with van der Waals surface area (Å²) in [5.74, 6) is 0.866. The average molecular weight is 346 g/mol. The van der Waals surface area contributed by atoms with Gasteiger partial charge in [0.25, 0.3) is 0 Å². The largest absolute Gasteiger partial charge is 0.454 e. The van der Waals surface area contributed by atoms with Crippen LogP contribution in [-0.2, 0) is 13.1 Å². The van der Waals surface area contributed by atoms with Gasteiger partial charge in [0.15, 0.2) is 11.5 Å². The Morgan fingerprint density at radius 2 is 1.52 bits per heavy atom. The van der Waals surface area contributed by atoms with E-state index in [-0.39, 0.29) is 12.6 Å². The molecule has 25 heavy (non-hydrogen) atoms. The summed E-state index contributed by atoms with van der Waals surface area (Å²) in [7, 11) is 0. The van der Waals surface area contributed by atoms with Gasteiger partial charge in [0, 0.05) is 44.8 Å². The van der Waals surface area contributed by atoms with E-state index in [1.165, 1.54) is 17.7 Å². The van der Waals surface area contributed by atoms with Gasteiger partial charge in [-0.3, -0.25) is 9.80 Å².